The van der Waals surface area contributed by atoms with Crippen LogP contribution < -0.4 is 4.90 Å². The van der Waals surface area contributed by atoms with Crippen molar-refractivity contribution in [2.45, 2.75) is 25.6 Å². The Kier molecular flexibility index (Phi) is 6.32. The summed E-state index contributed by atoms with van der Waals surface area (Å²) in [5.41, 5.74) is 0.499. The highest BCUT2D eigenvalue weighted by Crippen LogP contribution is 2.35. The molecule has 1 aliphatic rings. The molecular weight excluding hydrogens is 395 g/mol. The molecule has 1 fully saturated rings. The third-order valence-corrected chi connectivity index (χ3v) is 5.36. The number of aliphatic hydroxyl groups is 1. The Bertz CT molecular complexity index is 952. The number of hydrogen-bond donors (Lipinski definition) is 1. The first-order chi connectivity index (χ1) is 14.3. The molecule has 1 saturated heterocycles. The van der Waals surface area contributed by atoms with Crippen molar-refractivity contribution in [3.8, 4) is 6.07 Å². The second-order valence-corrected chi connectivity index (χ2v) is 7.17. The number of carbonyl (C=O) groups is 1. The Morgan fingerprint density at radius 1 is 1.20 bits per heavy atom. The second kappa shape index (κ2) is 8.76. The number of halogens is 3. The smallest absolute Gasteiger partial charge is 0.394 e. The van der Waals surface area contributed by atoms with Crippen molar-refractivity contribution >= 4 is 11.6 Å². The predicted molar refractivity (Wildman–Crippen MR) is 106 cm³/mol. The minimum atomic E-state index is -4.64. The first-order valence-electron chi connectivity index (χ1n) is 9.65. The Balaban J connectivity index is 1.80. The molecule has 2 aromatic carbocycles. The summed E-state index contributed by atoms with van der Waals surface area (Å²) in [4.78, 5) is 16.1. The summed E-state index contributed by atoms with van der Waals surface area (Å²) < 4.78 is 39.8. The van der Waals surface area contributed by atoms with E-state index in [0.29, 0.717) is 17.8 Å². The molecule has 2 aromatic rings. The molecule has 1 aliphatic heterocycles. The average Bonchev–Trinajstić information content (AvgIpc) is 2.77. The van der Waals surface area contributed by atoms with Crippen LogP contribution in [0.1, 0.15) is 34.0 Å². The summed E-state index contributed by atoms with van der Waals surface area (Å²) in [5, 5.41) is 18.8. The highest BCUT2D eigenvalue weighted by atomic mass is 19.4. The maximum atomic E-state index is 13.3. The monoisotopic (exact) mass is 417 g/mol. The van der Waals surface area contributed by atoms with E-state index in [4.69, 9.17) is 5.26 Å². The molecule has 5 nitrogen and oxygen atoms in total. The van der Waals surface area contributed by atoms with Gasteiger partial charge in [-0.05, 0) is 42.3 Å². The lowest BCUT2D eigenvalue weighted by molar-refractivity contribution is -0.137. The lowest BCUT2D eigenvalue weighted by Crippen LogP contribution is -2.56. The van der Waals surface area contributed by atoms with Gasteiger partial charge in [-0.25, -0.2) is 0 Å². The van der Waals surface area contributed by atoms with Crippen molar-refractivity contribution in [1.29, 1.82) is 5.26 Å². The van der Waals surface area contributed by atoms with Gasteiger partial charge < -0.3 is 14.9 Å². The maximum absolute atomic E-state index is 13.3. The highest BCUT2D eigenvalue weighted by Gasteiger charge is 2.35. The van der Waals surface area contributed by atoms with E-state index in [1.165, 1.54) is 6.07 Å². The third-order valence-electron chi connectivity index (χ3n) is 5.36. The van der Waals surface area contributed by atoms with Crippen molar-refractivity contribution < 1.29 is 23.1 Å². The van der Waals surface area contributed by atoms with Crippen LogP contribution >= 0.6 is 0 Å². The summed E-state index contributed by atoms with van der Waals surface area (Å²) in [6.07, 6.45) is -3.78. The molecule has 0 saturated carbocycles. The number of hydrogen-bond acceptors (Lipinski definition) is 4. The SMILES string of the molecule is CCc1ccc(C(=O)N2CCN(c3ccc(C#N)c(C(F)(F)F)c3)CC2CO)cc1. The zero-order valence-corrected chi connectivity index (χ0v) is 16.5. The third kappa shape index (κ3) is 4.41. The number of aryl methyl sites for hydroxylation is 1. The number of anilines is 1. The average molecular weight is 417 g/mol. The first kappa shape index (κ1) is 21.7. The van der Waals surface area contributed by atoms with E-state index in [9.17, 15) is 23.1 Å². The largest absolute Gasteiger partial charge is 0.417 e. The second-order valence-electron chi connectivity index (χ2n) is 7.17. The topological polar surface area (TPSA) is 67.6 Å². The molecule has 0 aliphatic carbocycles. The lowest BCUT2D eigenvalue weighted by Gasteiger charge is -2.42. The van der Waals surface area contributed by atoms with Crippen LogP contribution in [0.5, 0.6) is 0 Å². The van der Waals surface area contributed by atoms with E-state index in [0.717, 1.165) is 24.1 Å². The van der Waals surface area contributed by atoms with Gasteiger partial charge in [0.2, 0.25) is 0 Å². The van der Waals surface area contributed by atoms with Gasteiger partial charge in [0.05, 0.1) is 29.8 Å². The number of rotatable bonds is 4. The maximum Gasteiger partial charge on any atom is 0.417 e. The van der Waals surface area contributed by atoms with Crippen LogP contribution in [0, 0.1) is 11.3 Å². The number of alkyl halides is 3. The van der Waals surface area contributed by atoms with Crippen molar-refractivity contribution in [1.82, 2.24) is 4.90 Å². The molecule has 1 amide bonds. The molecule has 0 bridgehead atoms. The number of benzene rings is 2. The van der Waals surface area contributed by atoms with Gasteiger partial charge in [-0.3, -0.25) is 4.79 Å². The molecule has 0 aromatic heterocycles. The van der Waals surface area contributed by atoms with Gasteiger partial charge in [-0.15, -0.1) is 0 Å². The summed E-state index contributed by atoms with van der Waals surface area (Å²) in [5.74, 6) is -0.216. The molecule has 0 spiro atoms. The van der Waals surface area contributed by atoms with Gasteiger partial charge in [-0.1, -0.05) is 19.1 Å². The fourth-order valence-corrected chi connectivity index (χ4v) is 3.62. The Labute approximate surface area is 172 Å². The van der Waals surface area contributed by atoms with E-state index >= 15 is 0 Å². The molecule has 1 heterocycles. The van der Waals surface area contributed by atoms with Crippen molar-refractivity contribution in [3.63, 3.8) is 0 Å². The lowest BCUT2D eigenvalue weighted by atomic mass is 10.0. The van der Waals surface area contributed by atoms with E-state index < -0.39 is 23.3 Å². The van der Waals surface area contributed by atoms with Crippen LogP contribution in [0.15, 0.2) is 42.5 Å². The molecule has 158 valence electrons. The predicted octanol–water partition coefficient (Wildman–Crippen LogP) is 3.46. The van der Waals surface area contributed by atoms with Gasteiger partial charge in [-0.2, -0.15) is 18.4 Å². The summed E-state index contributed by atoms with van der Waals surface area (Å²) in [6, 6.07) is 11.8. The van der Waals surface area contributed by atoms with Gasteiger partial charge in [0, 0.05) is 30.9 Å². The minimum absolute atomic E-state index is 0.193. The van der Waals surface area contributed by atoms with Crippen LogP contribution in [-0.2, 0) is 12.6 Å². The molecule has 0 radical (unpaired) electrons. The number of nitrogens with zero attached hydrogens (tertiary/aromatic N) is 3. The van der Waals surface area contributed by atoms with E-state index in [2.05, 4.69) is 0 Å². The van der Waals surface area contributed by atoms with Crippen LogP contribution in [0.3, 0.4) is 0 Å². The Hall–Kier alpha value is -3.05. The Morgan fingerprint density at radius 3 is 2.47 bits per heavy atom. The summed E-state index contributed by atoms with van der Waals surface area (Å²) in [7, 11) is 0. The fraction of sp³-hybridized carbons (Fsp3) is 0.364. The molecule has 3 rings (SSSR count). The standard InChI is InChI=1S/C22H22F3N3O2/c1-2-15-3-5-16(6-4-15)21(30)28-10-9-27(13-19(28)14-29)18-8-7-17(12-26)20(11-18)22(23,24)25/h3-8,11,19,29H,2,9-10,13-14H2,1H3. The Morgan fingerprint density at radius 2 is 1.90 bits per heavy atom. The van der Waals surface area contributed by atoms with Gasteiger partial charge in [0.25, 0.3) is 5.91 Å². The minimum Gasteiger partial charge on any atom is -0.394 e. The number of piperazine rings is 1. The highest BCUT2D eigenvalue weighted by molar-refractivity contribution is 5.94. The molecule has 30 heavy (non-hydrogen) atoms. The number of amides is 1. The molecular formula is C22H22F3N3O2. The van der Waals surface area contributed by atoms with Crippen molar-refractivity contribution in [3.05, 3.63) is 64.7 Å². The summed E-state index contributed by atoms with van der Waals surface area (Å²) >= 11 is 0. The van der Waals surface area contributed by atoms with Crippen LogP contribution in [0.25, 0.3) is 0 Å². The number of carbonyl (C=O) groups excluding carboxylic acids is 1. The quantitative estimate of drug-likeness (QED) is 0.827. The van der Waals surface area contributed by atoms with Crippen LogP contribution in [-0.4, -0.2) is 48.2 Å². The zero-order chi connectivity index (χ0) is 21.9. The number of nitriles is 1. The molecule has 1 unspecified atom stereocenters. The van der Waals surface area contributed by atoms with E-state index in [1.54, 1.807) is 28.0 Å². The van der Waals surface area contributed by atoms with Crippen molar-refractivity contribution in [2.75, 3.05) is 31.1 Å². The van der Waals surface area contributed by atoms with E-state index in [-0.39, 0.29) is 25.6 Å². The molecule has 1 atom stereocenters. The fourth-order valence-electron chi connectivity index (χ4n) is 3.62. The van der Waals surface area contributed by atoms with Gasteiger partial charge in [0.15, 0.2) is 0 Å². The van der Waals surface area contributed by atoms with Gasteiger partial charge >= 0.3 is 6.18 Å². The van der Waals surface area contributed by atoms with Crippen LogP contribution in [0.2, 0.25) is 0 Å². The normalized spacial score (nSPS) is 17.0. The van der Waals surface area contributed by atoms with Crippen LogP contribution in [0.4, 0.5) is 18.9 Å². The first-order valence-corrected chi connectivity index (χ1v) is 9.65. The molecule has 1 N–H and O–H groups in total. The molecule has 8 heteroatoms. The zero-order valence-electron chi connectivity index (χ0n) is 16.5. The summed E-state index contributed by atoms with van der Waals surface area (Å²) in [6.45, 7) is 2.49. The van der Waals surface area contributed by atoms with Crippen molar-refractivity contribution in [2.24, 2.45) is 0 Å². The van der Waals surface area contributed by atoms with Gasteiger partial charge in [0.1, 0.15) is 0 Å². The number of aliphatic hydroxyl groups excluding tert-OH is 1. The van der Waals surface area contributed by atoms with E-state index in [1.807, 2.05) is 19.1 Å².